The van der Waals surface area contributed by atoms with Crippen LogP contribution in [0, 0.1) is 0 Å². The number of hydrogen-bond donors (Lipinski definition) is 1. The SMILES string of the molecule is CC(=O)c1cccc2c1CC[C@H]1[C@H]2c2cc(O)c(Cl)cc2CCN1C. The van der Waals surface area contributed by atoms with Gasteiger partial charge in [-0.15, -0.1) is 0 Å². The Labute approximate surface area is 153 Å². The molecule has 1 heterocycles. The number of carbonyl (C=O) groups is 1. The third kappa shape index (κ3) is 2.66. The zero-order chi connectivity index (χ0) is 17.7. The van der Waals surface area contributed by atoms with Crippen molar-refractivity contribution in [1.29, 1.82) is 0 Å². The predicted octanol–water partition coefficient (Wildman–Crippen LogP) is 4.18. The molecule has 0 saturated heterocycles. The van der Waals surface area contributed by atoms with Crippen LogP contribution in [0.2, 0.25) is 5.02 Å². The summed E-state index contributed by atoms with van der Waals surface area (Å²) in [5.74, 6) is 0.420. The van der Waals surface area contributed by atoms with Gasteiger partial charge in [-0.2, -0.15) is 0 Å². The number of likely N-dealkylation sites (N-methyl/N-ethyl adjacent to an activating group) is 1. The third-order valence-electron chi connectivity index (χ3n) is 5.85. The average Bonchev–Trinajstić information content (AvgIpc) is 2.72. The number of aromatic hydroxyl groups is 1. The van der Waals surface area contributed by atoms with E-state index < -0.39 is 0 Å². The molecule has 3 nitrogen and oxygen atoms in total. The van der Waals surface area contributed by atoms with Gasteiger partial charge in [0, 0.05) is 24.1 Å². The first-order valence-electron chi connectivity index (χ1n) is 8.81. The monoisotopic (exact) mass is 355 g/mol. The van der Waals surface area contributed by atoms with Gasteiger partial charge in [0.15, 0.2) is 5.78 Å². The molecule has 0 spiro atoms. The lowest BCUT2D eigenvalue weighted by atomic mass is 9.73. The van der Waals surface area contributed by atoms with Crippen molar-refractivity contribution in [3.8, 4) is 5.75 Å². The normalized spacial score (nSPS) is 22.5. The van der Waals surface area contributed by atoms with Crippen molar-refractivity contribution in [3.63, 3.8) is 0 Å². The highest BCUT2D eigenvalue weighted by molar-refractivity contribution is 6.32. The Morgan fingerprint density at radius 2 is 2.04 bits per heavy atom. The van der Waals surface area contributed by atoms with Crippen molar-refractivity contribution in [2.75, 3.05) is 13.6 Å². The van der Waals surface area contributed by atoms with E-state index in [9.17, 15) is 9.90 Å². The lowest BCUT2D eigenvalue weighted by Crippen LogP contribution is -2.40. The topological polar surface area (TPSA) is 40.5 Å². The lowest BCUT2D eigenvalue weighted by molar-refractivity contribution is 0.101. The van der Waals surface area contributed by atoms with Crippen molar-refractivity contribution < 1.29 is 9.90 Å². The average molecular weight is 356 g/mol. The summed E-state index contributed by atoms with van der Waals surface area (Å²) in [6.45, 7) is 2.61. The fraction of sp³-hybridized carbons (Fsp3) is 0.381. The van der Waals surface area contributed by atoms with E-state index in [-0.39, 0.29) is 17.5 Å². The maximum Gasteiger partial charge on any atom is 0.160 e. The lowest BCUT2D eigenvalue weighted by Gasteiger charge is -2.38. The summed E-state index contributed by atoms with van der Waals surface area (Å²) in [7, 11) is 2.17. The largest absolute Gasteiger partial charge is 0.506 e. The molecule has 0 radical (unpaired) electrons. The zero-order valence-corrected chi connectivity index (χ0v) is 15.3. The summed E-state index contributed by atoms with van der Waals surface area (Å²) in [4.78, 5) is 14.5. The molecule has 0 aromatic heterocycles. The highest BCUT2D eigenvalue weighted by Gasteiger charge is 2.37. The number of halogens is 1. The molecule has 4 heteroatoms. The number of phenols is 1. The molecule has 0 saturated carbocycles. The van der Waals surface area contributed by atoms with Crippen LogP contribution < -0.4 is 0 Å². The number of ketones is 1. The first-order valence-corrected chi connectivity index (χ1v) is 9.19. The number of Topliss-reactive ketones (excluding diaryl/α,β-unsaturated/α-hetero) is 1. The van der Waals surface area contributed by atoms with E-state index in [1.165, 1.54) is 16.7 Å². The third-order valence-corrected chi connectivity index (χ3v) is 6.15. The van der Waals surface area contributed by atoms with Crippen molar-refractivity contribution in [2.24, 2.45) is 0 Å². The fourth-order valence-corrected chi connectivity index (χ4v) is 4.79. The number of hydrogen-bond acceptors (Lipinski definition) is 3. The number of phenolic OH excluding ortho intramolecular Hbond substituents is 1. The molecule has 1 aliphatic heterocycles. The van der Waals surface area contributed by atoms with Crippen LogP contribution in [0.1, 0.15) is 51.9 Å². The molecule has 130 valence electrons. The summed E-state index contributed by atoms with van der Waals surface area (Å²) < 4.78 is 0. The number of fused-ring (bicyclic) bond motifs is 5. The Hall–Kier alpha value is -1.84. The molecular weight excluding hydrogens is 334 g/mol. The molecule has 0 bridgehead atoms. The number of nitrogens with zero attached hydrogens (tertiary/aromatic N) is 1. The van der Waals surface area contributed by atoms with Crippen LogP contribution >= 0.6 is 11.6 Å². The highest BCUT2D eigenvalue weighted by atomic mass is 35.5. The van der Waals surface area contributed by atoms with Crippen LogP contribution in [0.15, 0.2) is 30.3 Å². The minimum absolute atomic E-state index is 0.122. The number of benzene rings is 2. The Balaban J connectivity index is 1.96. The predicted molar refractivity (Wildman–Crippen MR) is 99.8 cm³/mol. The maximum atomic E-state index is 12.1. The molecule has 0 fully saturated rings. The van der Waals surface area contributed by atoms with Crippen molar-refractivity contribution in [3.05, 3.63) is 63.2 Å². The molecule has 0 unspecified atom stereocenters. The van der Waals surface area contributed by atoms with Gasteiger partial charge in [-0.3, -0.25) is 4.79 Å². The summed E-state index contributed by atoms with van der Waals surface area (Å²) in [6, 6.07) is 10.2. The van der Waals surface area contributed by atoms with Crippen molar-refractivity contribution >= 4 is 17.4 Å². The van der Waals surface area contributed by atoms with Gasteiger partial charge in [0.25, 0.3) is 0 Å². The van der Waals surface area contributed by atoms with Gasteiger partial charge >= 0.3 is 0 Å². The minimum Gasteiger partial charge on any atom is -0.506 e. The van der Waals surface area contributed by atoms with E-state index in [0.717, 1.165) is 36.9 Å². The summed E-state index contributed by atoms with van der Waals surface area (Å²) in [6.07, 6.45) is 2.85. The van der Waals surface area contributed by atoms with E-state index >= 15 is 0 Å². The molecule has 2 atom stereocenters. The zero-order valence-electron chi connectivity index (χ0n) is 14.6. The van der Waals surface area contributed by atoms with E-state index in [1.807, 2.05) is 24.3 Å². The number of rotatable bonds is 1. The molecule has 2 aromatic rings. The summed E-state index contributed by atoms with van der Waals surface area (Å²) >= 11 is 6.17. The van der Waals surface area contributed by atoms with Gasteiger partial charge < -0.3 is 10.0 Å². The molecule has 25 heavy (non-hydrogen) atoms. The van der Waals surface area contributed by atoms with Crippen LogP contribution in [0.4, 0.5) is 0 Å². The molecule has 4 rings (SSSR count). The van der Waals surface area contributed by atoms with Crippen LogP contribution in [0.3, 0.4) is 0 Å². The van der Waals surface area contributed by atoms with Gasteiger partial charge in [-0.25, -0.2) is 0 Å². The van der Waals surface area contributed by atoms with Gasteiger partial charge in [0.1, 0.15) is 5.75 Å². The van der Waals surface area contributed by atoms with Crippen LogP contribution in [-0.4, -0.2) is 35.4 Å². The van der Waals surface area contributed by atoms with Crippen LogP contribution in [-0.2, 0) is 12.8 Å². The second-order valence-corrected chi connectivity index (χ2v) is 7.65. The molecule has 1 aliphatic carbocycles. The summed E-state index contributed by atoms with van der Waals surface area (Å²) in [5, 5.41) is 10.6. The van der Waals surface area contributed by atoms with E-state index in [1.54, 1.807) is 6.92 Å². The Morgan fingerprint density at radius 3 is 2.80 bits per heavy atom. The van der Waals surface area contributed by atoms with E-state index in [0.29, 0.717) is 11.1 Å². The highest BCUT2D eigenvalue weighted by Crippen LogP contribution is 2.45. The van der Waals surface area contributed by atoms with Gasteiger partial charge in [0.2, 0.25) is 0 Å². The Kier molecular flexibility index (Phi) is 4.09. The first-order chi connectivity index (χ1) is 12.0. The second-order valence-electron chi connectivity index (χ2n) is 7.25. The smallest absolute Gasteiger partial charge is 0.160 e. The van der Waals surface area contributed by atoms with E-state index in [2.05, 4.69) is 18.0 Å². The Bertz CT molecular complexity index is 861. The number of carbonyl (C=O) groups excluding carboxylic acids is 1. The van der Waals surface area contributed by atoms with Gasteiger partial charge in [-0.1, -0.05) is 29.8 Å². The van der Waals surface area contributed by atoms with Gasteiger partial charge in [-0.05, 0) is 67.6 Å². The van der Waals surface area contributed by atoms with Crippen LogP contribution in [0.5, 0.6) is 5.75 Å². The first kappa shape index (κ1) is 16.6. The second kappa shape index (κ2) is 6.15. The molecule has 0 amide bonds. The summed E-state index contributed by atoms with van der Waals surface area (Å²) in [5.41, 5.74) is 5.58. The standard InChI is InChI=1S/C21H22ClNO2/c1-12(24)14-4-3-5-16-15(14)6-7-19-21(16)17-11-20(25)18(22)10-13(17)8-9-23(19)2/h3-5,10-11,19,21,25H,6-9H2,1-2H3/t19-,21+/m0/s1. The molecule has 1 N–H and O–H groups in total. The van der Waals surface area contributed by atoms with Crippen molar-refractivity contribution in [1.82, 2.24) is 4.90 Å². The molecule has 2 aromatic carbocycles. The van der Waals surface area contributed by atoms with Crippen molar-refractivity contribution in [2.45, 2.75) is 38.1 Å². The maximum absolute atomic E-state index is 12.1. The Morgan fingerprint density at radius 1 is 1.24 bits per heavy atom. The minimum atomic E-state index is 0.122. The van der Waals surface area contributed by atoms with E-state index in [4.69, 9.17) is 11.6 Å². The molecule has 2 aliphatic rings. The fourth-order valence-electron chi connectivity index (χ4n) is 4.61. The van der Waals surface area contributed by atoms with Gasteiger partial charge in [0.05, 0.1) is 5.02 Å². The van der Waals surface area contributed by atoms with Crippen LogP contribution in [0.25, 0.3) is 0 Å². The quantitative estimate of drug-likeness (QED) is 0.780. The molecular formula is C21H22ClNO2.